The third-order valence-corrected chi connectivity index (χ3v) is 19.3. The van der Waals surface area contributed by atoms with Crippen molar-refractivity contribution in [2.75, 3.05) is 76.7 Å². The zero-order valence-electron chi connectivity index (χ0n) is 48.3. The number of hydrogen-bond donors (Lipinski definition) is 2. The number of fused-ring (bicyclic) bond motifs is 1. The molecule has 16 nitrogen and oxygen atoms in total. The molecule has 18 heteroatoms. The zero-order chi connectivity index (χ0) is 57.2. The normalized spacial score (nSPS) is 20.5. The van der Waals surface area contributed by atoms with Crippen molar-refractivity contribution in [3.63, 3.8) is 0 Å². The van der Waals surface area contributed by atoms with E-state index in [1.54, 1.807) is 48.6 Å². The van der Waals surface area contributed by atoms with Gasteiger partial charge in [0, 0.05) is 93.6 Å². The Bertz CT molecular complexity index is 3130. The number of carbonyl (C=O) groups is 5. The van der Waals surface area contributed by atoms with Gasteiger partial charge in [-0.15, -0.1) is 11.3 Å². The second-order valence-electron chi connectivity index (χ2n) is 24.5. The largest absolute Gasteiger partial charge is 0.496 e. The quantitative estimate of drug-likeness (QED) is 0.108. The lowest BCUT2D eigenvalue weighted by molar-refractivity contribution is -0.138. The first-order chi connectivity index (χ1) is 38.8. The molecule has 5 aromatic rings. The van der Waals surface area contributed by atoms with E-state index in [4.69, 9.17) is 31.0 Å². The number of hydrogen-bond acceptors (Lipinski definition) is 12. The second kappa shape index (κ2) is 24.7. The van der Waals surface area contributed by atoms with Gasteiger partial charge in [-0.05, 0) is 187 Å². The molecule has 81 heavy (non-hydrogen) atoms. The number of aromatic nitrogens is 2. The minimum atomic E-state index is -0.573. The van der Waals surface area contributed by atoms with Crippen molar-refractivity contribution in [1.29, 1.82) is 0 Å². The maximum atomic E-state index is 14.1. The minimum absolute atomic E-state index is 0.0323. The van der Waals surface area contributed by atoms with Crippen molar-refractivity contribution in [3.8, 4) is 16.9 Å². The number of amides is 6. The van der Waals surface area contributed by atoms with Gasteiger partial charge in [0.05, 0.1) is 29.4 Å². The lowest BCUT2D eigenvalue weighted by Crippen LogP contribution is -2.51. The number of ether oxygens (including phenoxy) is 2. The summed E-state index contributed by atoms with van der Waals surface area (Å²) in [5, 5.41) is 9.57. The molecule has 3 aliphatic heterocycles. The predicted molar refractivity (Wildman–Crippen MR) is 319 cm³/mol. The summed E-state index contributed by atoms with van der Waals surface area (Å²) in [6.07, 6.45) is 11.4. The van der Waals surface area contributed by atoms with E-state index in [2.05, 4.69) is 57.0 Å². The molecule has 5 heterocycles. The summed E-state index contributed by atoms with van der Waals surface area (Å²) in [4.78, 5) is 85.5. The van der Waals surface area contributed by atoms with Gasteiger partial charge in [0.15, 0.2) is 0 Å². The van der Waals surface area contributed by atoms with Crippen LogP contribution in [0.2, 0.25) is 5.02 Å². The number of nitrogens with one attached hydrogen (secondary N) is 2. The van der Waals surface area contributed by atoms with E-state index < -0.39 is 11.6 Å². The first-order valence-electron chi connectivity index (χ1n) is 29.3. The van der Waals surface area contributed by atoms with Crippen molar-refractivity contribution in [2.24, 2.45) is 17.3 Å². The summed E-state index contributed by atoms with van der Waals surface area (Å²) in [6.45, 7) is 16.3. The van der Waals surface area contributed by atoms with E-state index in [0.717, 1.165) is 134 Å². The van der Waals surface area contributed by atoms with E-state index in [9.17, 15) is 24.0 Å². The SMILES string of the molecule is COc1cc2nc(C)nc(N[C@H](C)c3cc(-c4ccccc4CN(C)C(=O)OC(C)(C)C)cs3)c2cc1C1CCC(C(=O)N2CCN(CCC3CCC4(CC3)CCN(C(=O)c3ccc(Cl)c(N5CCC(=O)NC5=O)c3)CC4)CC2)CC1. The van der Waals surface area contributed by atoms with Gasteiger partial charge < -0.3 is 29.5 Å². The molecule has 3 saturated heterocycles. The molecule has 2 aliphatic carbocycles. The number of piperidine rings is 1. The number of piperazine rings is 1. The summed E-state index contributed by atoms with van der Waals surface area (Å²) in [6, 6.07) is 19.2. The minimum Gasteiger partial charge on any atom is -0.496 e. The number of urea groups is 1. The van der Waals surface area contributed by atoms with Crippen LogP contribution in [0, 0.1) is 24.2 Å². The van der Waals surface area contributed by atoms with Crippen LogP contribution in [0.15, 0.2) is 66.0 Å². The van der Waals surface area contributed by atoms with Crippen LogP contribution in [0.4, 0.5) is 21.1 Å². The van der Waals surface area contributed by atoms with E-state index in [-0.39, 0.29) is 54.2 Å². The fourth-order valence-corrected chi connectivity index (χ4v) is 14.2. The second-order valence-corrected chi connectivity index (χ2v) is 25.8. The fraction of sp³-hybridized carbons (Fsp3) is 0.540. The van der Waals surface area contributed by atoms with Gasteiger partial charge >= 0.3 is 12.1 Å². The number of imide groups is 1. The molecule has 1 atom stereocenters. The van der Waals surface area contributed by atoms with Gasteiger partial charge in [-0.3, -0.25) is 29.5 Å². The Kier molecular flexibility index (Phi) is 17.6. The molecule has 2 N–H and O–H groups in total. The van der Waals surface area contributed by atoms with Gasteiger partial charge in [-0.1, -0.05) is 35.9 Å². The standard InChI is InChI=1S/C63H80ClN9O7S/c1-40(55-35-47(39-81-55)48-11-9-8-10-46(48)38-69(6)61(78)80-62(3,4)5)65-57-50-36-49(54(79-7)37-52(50)66-41(2)67-57)43-12-14-44(15-13-43)58(75)72-32-30-70(31-33-72)26-20-42-18-22-63(23-19-42)24-28-71(29-25-63)59(76)45-16-17-51(64)53(34-45)73-27-21-56(74)68-60(73)77/h8-11,16-17,34-37,39-40,42-44H,12-15,18-33,38H2,1-7H3,(H,65,66,67)(H,68,74,77)/t40-,43?,44?/m1/s1. The smallest absolute Gasteiger partial charge is 0.410 e. The Labute approximate surface area is 486 Å². The number of methoxy groups -OCH3 is 1. The number of rotatable bonds is 14. The zero-order valence-corrected chi connectivity index (χ0v) is 49.9. The highest BCUT2D eigenvalue weighted by Crippen LogP contribution is 2.48. The Morgan fingerprint density at radius 2 is 1.62 bits per heavy atom. The summed E-state index contributed by atoms with van der Waals surface area (Å²) in [5.74, 6) is 3.21. The molecule has 1 spiro atoms. The highest BCUT2D eigenvalue weighted by molar-refractivity contribution is 7.10. The molecule has 6 amide bonds. The van der Waals surface area contributed by atoms with Gasteiger partial charge in [-0.25, -0.2) is 19.6 Å². The van der Waals surface area contributed by atoms with E-state index in [1.807, 2.05) is 50.8 Å². The average molecular weight is 1140 g/mol. The Morgan fingerprint density at radius 1 is 0.889 bits per heavy atom. The lowest BCUT2D eigenvalue weighted by Gasteiger charge is -2.46. The van der Waals surface area contributed by atoms with Crippen molar-refractivity contribution in [3.05, 3.63) is 98.5 Å². The van der Waals surface area contributed by atoms with Gasteiger partial charge in [-0.2, -0.15) is 0 Å². The molecular formula is C63H80ClN9O7S. The molecule has 0 bridgehead atoms. The maximum Gasteiger partial charge on any atom is 0.410 e. The van der Waals surface area contributed by atoms with Crippen LogP contribution in [-0.4, -0.2) is 132 Å². The van der Waals surface area contributed by atoms with Crippen LogP contribution in [-0.2, 0) is 20.9 Å². The fourth-order valence-electron chi connectivity index (χ4n) is 13.1. The predicted octanol–water partition coefficient (Wildman–Crippen LogP) is 12.2. The first kappa shape index (κ1) is 57.9. The molecule has 2 aromatic heterocycles. The number of anilines is 2. The van der Waals surface area contributed by atoms with Crippen LogP contribution in [0.1, 0.15) is 149 Å². The molecule has 3 aromatic carbocycles. The summed E-state index contributed by atoms with van der Waals surface area (Å²) in [5.41, 5.74) is 5.84. The highest BCUT2D eigenvalue weighted by atomic mass is 35.5. The van der Waals surface area contributed by atoms with Crippen molar-refractivity contribution < 1.29 is 33.4 Å². The van der Waals surface area contributed by atoms with Gasteiger partial charge in [0.1, 0.15) is 23.0 Å². The number of aryl methyl sites for hydroxylation is 1. The number of carbonyl (C=O) groups excluding carboxylic acids is 5. The molecule has 2 saturated carbocycles. The van der Waals surface area contributed by atoms with Gasteiger partial charge in [0.25, 0.3) is 5.91 Å². The van der Waals surface area contributed by atoms with Crippen molar-refractivity contribution >= 4 is 75.2 Å². The van der Waals surface area contributed by atoms with Crippen LogP contribution in [0.5, 0.6) is 5.75 Å². The molecule has 5 aliphatic rings. The number of benzene rings is 3. The third kappa shape index (κ3) is 13.5. The summed E-state index contributed by atoms with van der Waals surface area (Å²) in [7, 11) is 3.50. The first-order valence-corrected chi connectivity index (χ1v) is 30.5. The average Bonchev–Trinajstić information content (AvgIpc) is 4.11. The molecule has 5 fully saturated rings. The highest BCUT2D eigenvalue weighted by Gasteiger charge is 2.40. The van der Waals surface area contributed by atoms with E-state index in [1.165, 1.54) is 37.0 Å². The Balaban J connectivity index is 0.675. The maximum absolute atomic E-state index is 14.1. The van der Waals surface area contributed by atoms with Crippen LogP contribution < -0.4 is 20.3 Å². The van der Waals surface area contributed by atoms with Gasteiger partial charge in [0.2, 0.25) is 11.8 Å². The Morgan fingerprint density at radius 3 is 2.32 bits per heavy atom. The molecule has 432 valence electrons. The summed E-state index contributed by atoms with van der Waals surface area (Å²) < 4.78 is 11.7. The molecule has 10 rings (SSSR count). The van der Waals surface area contributed by atoms with Crippen LogP contribution in [0.3, 0.4) is 0 Å². The number of thiophene rings is 1. The number of halogens is 1. The van der Waals surface area contributed by atoms with Crippen molar-refractivity contribution in [1.82, 2.24) is 34.9 Å². The van der Waals surface area contributed by atoms with Crippen LogP contribution in [0.25, 0.3) is 22.0 Å². The van der Waals surface area contributed by atoms with Crippen LogP contribution >= 0.6 is 22.9 Å². The molecular weight excluding hydrogens is 1060 g/mol. The lowest BCUT2D eigenvalue weighted by atomic mass is 9.65. The third-order valence-electron chi connectivity index (χ3n) is 17.9. The number of nitrogens with zero attached hydrogens (tertiary/aromatic N) is 7. The monoisotopic (exact) mass is 1140 g/mol. The number of likely N-dealkylation sites (tertiary alicyclic amines) is 1. The molecule has 0 radical (unpaired) electrons. The topological polar surface area (TPSA) is 170 Å². The Hall–Kier alpha value is -6.30. The van der Waals surface area contributed by atoms with E-state index >= 15 is 0 Å². The molecule has 0 unspecified atom stereocenters. The van der Waals surface area contributed by atoms with E-state index in [0.29, 0.717) is 40.5 Å². The summed E-state index contributed by atoms with van der Waals surface area (Å²) >= 11 is 8.16. The van der Waals surface area contributed by atoms with Crippen molar-refractivity contribution in [2.45, 2.75) is 136 Å².